The van der Waals surface area contributed by atoms with Crippen molar-refractivity contribution in [1.82, 2.24) is 9.88 Å². The largest absolute Gasteiger partial charge is 0.436 e. The molecule has 0 saturated carbocycles. The van der Waals surface area contributed by atoms with E-state index in [1.54, 1.807) is 31.2 Å². The summed E-state index contributed by atoms with van der Waals surface area (Å²) in [6.07, 6.45) is -0.233. The molecule has 1 fully saturated rings. The summed E-state index contributed by atoms with van der Waals surface area (Å²) in [4.78, 5) is 58.7. The lowest BCUT2D eigenvalue weighted by molar-refractivity contribution is -0.384. The summed E-state index contributed by atoms with van der Waals surface area (Å²) in [6, 6.07) is 26.8. The zero-order chi connectivity index (χ0) is 29.4. The predicted octanol–water partition coefficient (Wildman–Crippen LogP) is 5.94. The van der Waals surface area contributed by atoms with Crippen LogP contribution in [0, 0.1) is 10.1 Å². The van der Waals surface area contributed by atoms with Crippen LogP contribution in [0.4, 0.5) is 11.4 Å². The number of aromatic nitrogens is 1. The van der Waals surface area contributed by atoms with Crippen LogP contribution in [0.3, 0.4) is 0 Å². The second kappa shape index (κ2) is 10.7. The number of hydrogen-bond donors (Lipinski definition) is 0. The van der Waals surface area contributed by atoms with E-state index in [0.717, 1.165) is 10.5 Å². The molecule has 2 atom stereocenters. The number of para-hydroxylation sites is 2. The van der Waals surface area contributed by atoms with Crippen LogP contribution in [0.5, 0.6) is 0 Å². The van der Waals surface area contributed by atoms with Crippen molar-refractivity contribution in [3.05, 3.63) is 124 Å². The van der Waals surface area contributed by atoms with Crippen molar-refractivity contribution in [2.75, 3.05) is 4.90 Å². The lowest BCUT2D eigenvalue weighted by Crippen LogP contribution is -2.46. The number of benzene rings is 4. The molecule has 1 aromatic heterocycles. The summed E-state index contributed by atoms with van der Waals surface area (Å²) >= 11 is 0. The number of fused-ring (bicyclic) bond motifs is 1. The summed E-state index contributed by atoms with van der Waals surface area (Å²) in [5, 5.41) is 11.4. The highest BCUT2D eigenvalue weighted by Gasteiger charge is 2.46. The van der Waals surface area contributed by atoms with Gasteiger partial charge in [-0.1, -0.05) is 48.5 Å². The van der Waals surface area contributed by atoms with Crippen molar-refractivity contribution in [2.45, 2.75) is 25.4 Å². The quantitative estimate of drug-likeness (QED) is 0.137. The number of hydrogen-bond acceptors (Lipinski definition) is 7. The van der Waals surface area contributed by atoms with Gasteiger partial charge in [-0.05, 0) is 55.0 Å². The molecular weight excluding hydrogens is 536 g/mol. The third-order valence-corrected chi connectivity index (χ3v) is 7.36. The molecule has 10 heteroatoms. The Balaban J connectivity index is 1.32. The maximum atomic E-state index is 13.9. The van der Waals surface area contributed by atoms with E-state index in [4.69, 9.17) is 4.42 Å². The maximum absolute atomic E-state index is 13.9. The van der Waals surface area contributed by atoms with E-state index >= 15 is 0 Å². The van der Waals surface area contributed by atoms with Gasteiger partial charge in [0.1, 0.15) is 11.6 Å². The third kappa shape index (κ3) is 4.79. The number of carbonyl (C=O) groups excluding carboxylic acids is 3. The van der Waals surface area contributed by atoms with Gasteiger partial charge in [-0.15, -0.1) is 0 Å². The lowest BCUT2D eigenvalue weighted by atomic mass is 10.0. The highest BCUT2D eigenvalue weighted by molar-refractivity contribution is 6.23. The minimum atomic E-state index is -1.11. The van der Waals surface area contributed by atoms with Gasteiger partial charge in [0.25, 0.3) is 17.5 Å². The number of carbonyl (C=O) groups is 3. The fraction of sp³-hybridized carbons (Fsp3) is 0.125. The van der Waals surface area contributed by atoms with Crippen molar-refractivity contribution < 1.29 is 23.7 Å². The molecule has 0 N–H and O–H groups in total. The Morgan fingerprint density at radius 2 is 1.69 bits per heavy atom. The van der Waals surface area contributed by atoms with Gasteiger partial charge in [0.2, 0.25) is 11.8 Å². The molecule has 5 aromatic rings. The van der Waals surface area contributed by atoms with Crippen molar-refractivity contribution in [1.29, 1.82) is 0 Å². The zero-order valence-electron chi connectivity index (χ0n) is 22.4. The van der Waals surface area contributed by atoms with Gasteiger partial charge >= 0.3 is 0 Å². The predicted molar refractivity (Wildman–Crippen MR) is 154 cm³/mol. The Morgan fingerprint density at radius 1 is 0.976 bits per heavy atom. The van der Waals surface area contributed by atoms with Crippen molar-refractivity contribution in [3.63, 3.8) is 0 Å². The molecule has 0 aliphatic carbocycles. The first kappa shape index (κ1) is 26.6. The first-order valence-electron chi connectivity index (χ1n) is 13.3. The second-order valence-corrected chi connectivity index (χ2v) is 9.93. The molecular formula is C32H24N4O6. The summed E-state index contributed by atoms with van der Waals surface area (Å²) in [5.74, 6) is -1.20. The van der Waals surface area contributed by atoms with E-state index in [-0.39, 0.29) is 17.7 Å². The van der Waals surface area contributed by atoms with E-state index in [0.29, 0.717) is 28.2 Å². The van der Waals surface area contributed by atoms with Crippen molar-refractivity contribution in [3.8, 4) is 11.5 Å². The fourth-order valence-electron chi connectivity index (χ4n) is 5.23. The van der Waals surface area contributed by atoms with Gasteiger partial charge in [0.15, 0.2) is 5.58 Å². The number of imide groups is 1. The Labute approximate surface area is 240 Å². The monoisotopic (exact) mass is 560 g/mol. The van der Waals surface area contributed by atoms with Crippen LogP contribution in [0.2, 0.25) is 0 Å². The first-order chi connectivity index (χ1) is 20.3. The SMILES string of the molecule is CC(c1ccccc1)N(C(=O)c1cccc([N+](=O)[O-])c1)C1CC(=O)N(c2ccc(-c3nc4ccccc4o3)cc2)C1=O. The van der Waals surface area contributed by atoms with Crippen LogP contribution < -0.4 is 4.90 Å². The molecule has 2 unspecified atom stereocenters. The maximum Gasteiger partial charge on any atom is 0.270 e. The van der Waals surface area contributed by atoms with Crippen LogP contribution in [-0.2, 0) is 9.59 Å². The normalized spacial score (nSPS) is 15.6. The highest BCUT2D eigenvalue weighted by atomic mass is 16.6. The zero-order valence-corrected chi connectivity index (χ0v) is 22.4. The van der Waals surface area contributed by atoms with Gasteiger partial charge in [-0.25, -0.2) is 9.88 Å². The molecule has 0 radical (unpaired) electrons. The minimum Gasteiger partial charge on any atom is -0.436 e. The molecule has 1 saturated heterocycles. The highest BCUT2D eigenvalue weighted by Crippen LogP contribution is 2.34. The Kier molecular flexibility index (Phi) is 6.79. The Hall–Kier alpha value is -5.64. The Morgan fingerprint density at radius 3 is 2.40 bits per heavy atom. The molecule has 3 amide bonds. The molecule has 208 valence electrons. The van der Waals surface area contributed by atoms with Gasteiger partial charge < -0.3 is 9.32 Å². The van der Waals surface area contributed by atoms with Gasteiger partial charge in [-0.3, -0.25) is 24.5 Å². The number of rotatable bonds is 7. The Bertz CT molecular complexity index is 1800. The van der Waals surface area contributed by atoms with E-state index in [1.165, 1.54) is 29.2 Å². The lowest BCUT2D eigenvalue weighted by Gasteiger charge is -2.33. The molecule has 42 heavy (non-hydrogen) atoms. The molecule has 1 aliphatic heterocycles. The number of nitro benzene ring substituents is 1. The minimum absolute atomic E-state index is 0.0494. The molecule has 0 spiro atoms. The fourth-order valence-corrected chi connectivity index (χ4v) is 5.23. The number of amides is 3. The number of nitrogens with zero attached hydrogens (tertiary/aromatic N) is 4. The molecule has 2 heterocycles. The number of nitro groups is 1. The van der Waals surface area contributed by atoms with Crippen molar-refractivity contribution in [2.24, 2.45) is 0 Å². The summed E-state index contributed by atoms with van der Waals surface area (Å²) in [5.41, 5.74) is 2.93. The average Bonchev–Trinajstić information content (AvgIpc) is 3.58. The molecule has 10 nitrogen and oxygen atoms in total. The number of oxazole rings is 1. The van der Waals surface area contributed by atoms with E-state index < -0.39 is 34.7 Å². The average molecular weight is 561 g/mol. The molecule has 1 aliphatic rings. The third-order valence-electron chi connectivity index (χ3n) is 7.36. The molecule has 0 bridgehead atoms. The van der Waals surface area contributed by atoms with Crippen LogP contribution >= 0.6 is 0 Å². The summed E-state index contributed by atoms with van der Waals surface area (Å²) in [7, 11) is 0. The van der Waals surface area contributed by atoms with Gasteiger partial charge in [0.05, 0.1) is 23.1 Å². The standard InChI is InChI=1S/C32H24N4O6/c1-20(21-8-3-2-4-9-21)34(31(38)23-10-7-11-25(18-23)36(40)41)27-19-29(37)35(32(27)39)24-16-14-22(15-17-24)30-33-26-12-5-6-13-28(26)42-30/h2-18,20,27H,19H2,1H3. The summed E-state index contributed by atoms with van der Waals surface area (Å²) in [6.45, 7) is 1.76. The number of anilines is 1. The first-order valence-corrected chi connectivity index (χ1v) is 13.3. The van der Waals surface area contributed by atoms with Gasteiger partial charge in [0, 0.05) is 23.3 Å². The van der Waals surface area contributed by atoms with Crippen LogP contribution in [-0.4, -0.2) is 38.6 Å². The summed E-state index contributed by atoms with van der Waals surface area (Å²) < 4.78 is 5.83. The van der Waals surface area contributed by atoms with Crippen LogP contribution in [0.15, 0.2) is 108 Å². The van der Waals surface area contributed by atoms with E-state index in [2.05, 4.69) is 4.98 Å². The van der Waals surface area contributed by atoms with Crippen LogP contribution in [0.1, 0.15) is 35.3 Å². The van der Waals surface area contributed by atoms with E-state index in [9.17, 15) is 24.5 Å². The van der Waals surface area contributed by atoms with Crippen LogP contribution in [0.25, 0.3) is 22.6 Å². The topological polar surface area (TPSA) is 127 Å². The van der Waals surface area contributed by atoms with Crippen molar-refractivity contribution >= 4 is 40.2 Å². The van der Waals surface area contributed by atoms with E-state index in [1.807, 2.05) is 54.6 Å². The number of non-ortho nitro benzene ring substituents is 1. The van der Waals surface area contributed by atoms with Gasteiger partial charge in [-0.2, -0.15) is 0 Å². The second-order valence-electron chi connectivity index (χ2n) is 9.93. The smallest absolute Gasteiger partial charge is 0.270 e. The molecule has 4 aromatic carbocycles. The molecule has 6 rings (SSSR count).